The molecule has 0 amide bonds. The molecule has 1 heterocycles. The Morgan fingerprint density at radius 2 is 1.50 bits per heavy atom. The van der Waals surface area contributed by atoms with Gasteiger partial charge >= 0.3 is 11.9 Å². The van der Waals surface area contributed by atoms with Crippen LogP contribution in [-0.2, 0) is 37.4 Å². The van der Waals surface area contributed by atoms with Gasteiger partial charge < -0.3 is 9.47 Å². The van der Waals surface area contributed by atoms with Crippen molar-refractivity contribution in [3.8, 4) is 0 Å². The Morgan fingerprint density at radius 3 is 2.08 bits per heavy atom. The van der Waals surface area contributed by atoms with E-state index in [1.807, 2.05) is 54.6 Å². The van der Waals surface area contributed by atoms with Gasteiger partial charge in [0.15, 0.2) is 5.41 Å². The van der Waals surface area contributed by atoms with Crippen LogP contribution in [0.3, 0.4) is 0 Å². The molecule has 0 radical (unpaired) electrons. The van der Waals surface area contributed by atoms with E-state index in [0.29, 0.717) is 13.0 Å². The number of esters is 2. The number of rotatable bonds is 5. The van der Waals surface area contributed by atoms with E-state index < -0.39 is 28.8 Å². The highest BCUT2D eigenvalue weighted by atomic mass is 79.9. The number of halogens is 3. The lowest BCUT2D eigenvalue weighted by Gasteiger charge is -2.60. The van der Waals surface area contributed by atoms with Crippen molar-refractivity contribution >= 4 is 43.8 Å². The number of hydrogen-bond acceptors (Lipinski definition) is 5. The number of likely N-dealkylation sites (tertiary alicyclic amines) is 1. The number of nitrogens with zero attached hydrogens (tertiary/aromatic N) is 1. The maximum Gasteiger partial charge on any atom is 0.325 e. The second-order valence-corrected chi connectivity index (χ2v) is 13.2. The largest absolute Gasteiger partial charge is 0.468 e. The molecule has 210 valence electrons. The molecule has 5 nitrogen and oxygen atoms in total. The normalized spacial score (nSPS) is 23.0. The molecule has 1 fully saturated rings. The molecule has 3 unspecified atom stereocenters. The average Bonchev–Trinajstić information content (AvgIpc) is 2.93. The molecule has 8 heteroatoms. The van der Waals surface area contributed by atoms with Gasteiger partial charge in [-0.3, -0.25) is 14.5 Å². The van der Waals surface area contributed by atoms with Gasteiger partial charge in [-0.1, -0.05) is 76.0 Å². The number of carbonyl (C=O) groups excluding carboxylic acids is 2. The van der Waals surface area contributed by atoms with Gasteiger partial charge in [-0.2, -0.15) is 0 Å². The number of benzene rings is 3. The van der Waals surface area contributed by atoms with Gasteiger partial charge in [0.1, 0.15) is 5.82 Å². The zero-order valence-corrected chi connectivity index (χ0v) is 26.1. The monoisotopic (exact) mass is 671 g/mol. The second kappa shape index (κ2) is 11.0. The van der Waals surface area contributed by atoms with Crippen LogP contribution in [0.4, 0.5) is 4.39 Å². The van der Waals surface area contributed by atoms with Gasteiger partial charge in [-0.05, 0) is 77.4 Å². The maximum absolute atomic E-state index is 14.4. The van der Waals surface area contributed by atoms with E-state index in [0.717, 1.165) is 31.2 Å². The predicted octanol–water partition coefficient (Wildman–Crippen LogP) is 7.15. The first-order valence-corrected chi connectivity index (χ1v) is 14.8. The first-order chi connectivity index (χ1) is 19.0. The third-order valence-corrected chi connectivity index (χ3v) is 9.79. The molecule has 1 saturated heterocycles. The Hall–Kier alpha value is -2.55. The summed E-state index contributed by atoms with van der Waals surface area (Å²) in [5.74, 6) is -1.70. The van der Waals surface area contributed by atoms with Crippen LogP contribution < -0.4 is 0 Å². The van der Waals surface area contributed by atoms with Crippen LogP contribution in [-0.4, -0.2) is 37.1 Å². The Kier molecular flexibility index (Phi) is 7.98. The third-order valence-electron chi connectivity index (χ3n) is 8.73. The van der Waals surface area contributed by atoms with Crippen LogP contribution >= 0.6 is 31.9 Å². The van der Waals surface area contributed by atoms with Gasteiger partial charge in [-0.15, -0.1) is 0 Å². The lowest BCUT2D eigenvalue weighted by Crippen LogP contribution is -2.66. The first kappa shape index (κ1) is 29.0. The molecule has 2 aliphatic rings. The van der Waals surface area contributed by atoms with E-state index >= 15 is 0 Å². The van der Waals surface area contributed by atoms with E-state index in [1.54, 1.807) is 6.07 Å². The van der Waals surface area contributed by atoms with Crippen molar-refractivity contribution in [3.05, 3.63) is 104 Å². The minimum Gasteiger partial charge on any atom is -0.468 e. The standard InChI is InChI=1S/C32H32Br2FNO4/c1-31(2)26-14-13-25(35)16-21(26)15-22-17-32(29(37)39-3,30(38)40-4)28(20-7-11-24(34)12-8-20)36(27(22)31)18-19-5-9-23(33)10-6-19/h5-14,16,22,27-28H,15,17-18H2,1-4H3. The van der Waals surface area contributed by atoms with Gasteiger partial charge in [0.2, 0.25) is 0 Å². The number of methoxy groups -OCH3 is 2. The number of carbonyl (C=O) groups is 2. The summed E-state index contributed by atoms with van der Waals surface area (Å²) in [5.41, 5.74) is 1.78. The summed E-state index contributed by atoms with van der Waals surface area (Å²) in [5, 5.41) is 0. The van der Waals surface area contributed by atoms with E-state index in [1.165, 1.54) is 20.3 Å². The molecule has 0 saturated carbocycles. The molecule has 3 aromatic carbocycles. The van der Waals surface area contributed by atoms with Gasteiger partial charge in [-0.25, -0.2) is 4.39 Å². The van der Waals surface area contributed by atoms with Crippen molar-refractivity contribution in [1.29, 1.82) is 0 Å². The highest BCUT2D eigenvalue weighted by Gasteiger charge is 2.65. The van der Waals surface area contributed by atoms with Gasteiger partial charge in [0.25, 0.3) is 0 Å². The summed E-state index contributed by atoms with van der Waals surface area (Å²) in [4.78, 5) is 30.1. The minimum atomic E-state index is -1.63. The summed E-state index contributed by atoms with van der Waals surface area (Å²) >= 11 is 7.05. The van der Waals surface area contributed by atoms with Crippen molar-refractivity contribution in [2.24, 2.45) is 11.3 Å². The average molecular weight is 673 g/mol. The molecule has 0 bridgehead atoms. The van der Waals surface area contributed by atoms with E-state index in [2.05, 4.69) is 50.6 Å². The second-order valence-electron chi connectivity index (χ2n) is 11.3. The fraction of sp³-hybridized carbons (Fsp3) is 0.375. The topological polar surface area (TPSA) is 55.8 Å². The first-order valence-electron chi connectivity index (χ1n) is 13.2. The molecular weight excluding hydrogens is 641 g/mol. The molecular formula is C32H32Br2FNO4. The fourth-order valence-corrected chi connectivity index (χ4v) is 7.82. The lowest BCUT2D eigenvalue weighted by molar-refractivity contribution is -0.189. The predicted molar refractivity (Wildman–Crippen MR) is 158 cm³/mol. The molecule has 1 aliphatic carbocycles. The van der Waals surface area contributed by atoms with Crippen LogP contribution in [0.5, 0.6) is 0 Å². The number of hydrogen-bond donors (Lipinski definition) is 0. The van der Waals surface area contributed by atoms with Crippen molar-refractivity contribution in [3.63, 3.8) is 0 Å². The van der Waals surface area contributed by atoms with E-state index in [4.69, 9.17) is 9.47 Å². The molecule has 1 aliphatic heterocycles. The Morgan fingerprint density at radius 1 is 0.925 bits per heavy atom. The Labute approximate surface area is 251 Å². The zero-order chi connectivity index (χ0) is 28.8. The lowest BCUT2D eigenvalue weighted by atomic mass is 9.55. The molecule has 3 aromatic rings. The van der Waals surface area contributed by atoms with Crippen LogP contribution in [0.1, 0.15) is 48.6 Å². The van der Waals surface area contributed by atoms with Crippen LogP contribution in [0.2, 0.25) is 0 Å². The molecule has 0 spiro atoms. The van der Waals surface area contributed by atoms with Crippen LogP contribution in [0.25, 0.3) is 0 Å². The molecule has 5 rings (SSSR count). The number of piperidine rings is 1. The summed E-state index contributed by atoms with van der Waals surface area (Å²) in [6, 6.07) is 20.0. The maximum atomic E-state index is 14.4. The molecule has 0 N–H and O–H groups in total. The quantitative estimate of drug-likeness (QED) is 0.213. The van der Waals surface area contributed by atoms with Crippen molar-refractivity contribution in [2.75, 3.05) is 14.2 Å². The van der Waals surface area contributed by atoms with Gasteiger partial charge in [0.05, 0.1) is 20.3 Å². The zero-order valence-electron chi connectivity index (χ0n) is 22.9. The van der Waals surface area contributed by atoms with Crippen molar-refractivity contribution < 1.29 is 23.5 Å². The number of fused-ring (bicyclic) bond motifs is 2. The highest BCUT2D eigenvalue weighted by Crippen LogP contribution is 2.58. The van der Waals surface area contributed by atoms with Crippen LogP contribution in [0.15, 0.2) is 75.7 Å². The smallest absolute Gasteiger partial charge is 0.325 e. The van der Waals surface area contributed by atoms with Crippen LogP contribution in [0, 0.1) is 17.2 Å². The third kappa shape index (κ3) is 4.82. The van der Waals surface area contributed by atoms with Crippen molar-refractivity contribution in [2.45, 2.75) is 50.7 Å². The Bertz CT molecular complexity index is 1410. The summed E-state index contributed by atoms with van der Waals surface area (Å²) in [6.45, 7) is 4.83. The summed E-state index contributed by atoms with van der Waals surface area (Å²) in [6.07, 6.45) is 0.745. The minimum absolute atomic E-state index is 0.0785. The highest BCUT2D eigenvalue weighted by molar-refractivity contribution is 9.10. The summed E-state index contributed by atoms with van der Waals surface area (Å²) in [7, 11) is 2.62. The van der Waals surface area contributed by atoms with E-state index in [9.17, 15) is 14.0 Å². The number of ether oxygens (including phenoxy) is 2. The SMILES string of the molecule is COC(=O)C1(C(=O)OC)CC2Cc3cc(F)ccc3C(C)(C)C2N(Cc2ccc(Br)cc2)C1c1ccc(Br)cc1. The Balaban J connectivity index is 1.79. The van der Waals surface area contributed by atoms with Crippen molar-refractivity contribution in [1.82, 2.24) is 4.90 Å². The molecule has 40 heavy (non-hydrogen) atoms. The molecule has 3 atom stereocenters. The fourth-order valence-electron chi connectivity index (χ4n) is 7.29. The molecule has 0 aromatic heterocycles. The van der Waals surface area contributed by atoms with E-state index in [-0.39, 0.29) is 24.2 Å². The summed E-state index contributed by atoms with van der Waals surface area (Å²) < 4.78 is 27.1. The van der Waals surface area contributed by atoms with Gasteiger partial charge in [0, 0.05) is 26.9 Å².